The third-order valence-corrected chi connectivity index (χ3v) is 6.34. The molecule has 7 nitrogen and oxygen atoms in total. The van der Waals surface area contributed by atoms with Gasteiger partial charge in [-0.3, -0.25) is 14.4 Å². The summed E-state index contributed by atoms with van der Waals surface area (Å²) in [5.74, 6) is -1.29. The Balaban J connectivity index is 1.64. The van der Waals surface area contributed by atoms with Crippen LogP contribution in [0.2, 0.25) is 0 Å². The van der Waals surface area contributed by atoms with Crippen LogP contribution in [0.5, 0.6) is 0 Å². The quantitative estimate of drug-likeness (QED) is 0.448. The van der Waals surface area contributed by atoms with E-state index in [-0.39, 0.29) is 34.2 Å². The van der Waals surface area contributed by atoms with Gasteiger partial charge in [-0.15, -0.1) is 0 Å². The van der Waals surface area contributed by atoms with Crippen LogP contribution in [0, 0.1) is 11.2 Å². The van der Waals surface area contributed by atoms with E-state index in [9.17, 15) is 18.8 Å². The van der Waals surface area contributed by atoms with Gasteiger partial charge >= 0.3 is 0 Å². The van der Waals surface area contributed by atoms with Crippen molar-refractivity contribution in [2.45, 2.75) is 39.0 Å². The van der Waals surface area contributed by atoms with Crippen LogP contribution in [-0.4, -0.2) is 29.8 Å². The second kappa shape index (κ2) is 9.05. The first-order chi connectivity index (χ1) is 15.8. The Hall–Kier alpha value is -3.68. The lowest BCUT2D eigenvalue weighted by Crippen LogP contribution is -2.35. The van der Waals surface area contributed by atoms with Crippen LogP contribution < -0.4 is 16.0 Å². The number of carbonyl (C=O) groups is 3. The molecule has 2 aromatic carbocycles. The highest BCUT2D eigenvalue weighted by Crippen LogP contribution is 2.37. The lowest BCUT2D eigenvalue weighted by atomic mass is 9.75. The molecule has 1 heterocycles. The van der Waals surface area contributed by atoms with Crippen molar-refractivity contribution in [1.82, 2.24) is 10.3 Å². The van der Waals surface area contributed by atoms with Crippen molar-refractivity contribution >= 4 is 40.1 Å². The van der Waals surface area contributed by atoms with Crippen molar-refractivity contribution in [3.8, 4) is 0 Å². The summed E-state index contributed by atoms with van der Waals surface area (Å²) in [6.45, 7) is 2.00. The highest BCUT2D eigenvalue weighted by Gasteiger charge is 2.34. The largest absolute Gasteiger partial charge is 0.355 e. The predicted molar refractivity (Wildman–Crippen MR) is 126 cm³/mol. The second-order valence-corrected chi connectivity index (χ2v) is 8.75. The van der Waals surface area contributed by atoms with Crippen molar-refractivity contribution in [3.05, 3.63) is 59.4 Å². The molecule has 0 atom stereocenters. The molecule has 1 aromatic heterocycles. The Morgan fingerprint density at radius 1 is 0.970 bits per heavy atom. The smallest absolute Gasteiger partial charge is 0.256 e. The Labute approximate surface area is 191 Å². The molecule has 1 aliphatic carbocycles. The van der Waals surface area contributed by atoms with Gasteiger partial charge in [-0.05, 0) is 49.2 Å². The van der Waals surface area contributed by atoms with Crippen molar-refractivity contribution < 1.29 is 18.8 Å². The number of nitrogens with one attached hydrogen (secondary N) is 4. The fourth-order valence-electron chi connectivity index (χ4n) is 4.39. The van der Waals surface area contributed by atoms with Gasteiger partial charge in [0.25, 0.3) is 11.8 Å². The van der Waals surface area contributed by atoms with Gasteiger partial charge in [-0.2, -0.15) is 0 Å². The molecule has 0 saturated heterocycles. The number of aromatic nitrogens is 1. The van der Waals surface area contributed by atoms with E-state index in [0.29, 0.717) is 16.6 Å². The van der Waals surface area contributed by atoms with E-state index in [2.05, 4.69) is 20.9 Å². The topological polar surface area (TPSA) is 103 Å². The van der Waals surface area contributed by atoms with Gasteiger partial charge in [0.2, 0.25) is 5.91 Å². The fourth-order valence-corrected chi connectivity index (χ4v) is 4.39. The Morgan fingerprint density at radius 3 is 2.42 bits per heavy atom. The highest BCUT2D eigenvalue weighted by molar-refractivity contribution is 6.16. The van der Waals surface area contributed by atoms with Gasteiger partial charge in [0.05, 0.1) is 5.56 Å². The molecule has 1 aliphatic rings. The Kier molecular flexibility index (Phi) is 6.18. The normalized spacial score (nSPS) is 15.1. The number of aromatic amines is 1. The van der Waals surface area contributed by atoms with Gasteiger partial charge in [-0.25, -0.2) is 4.39 Å². The summed E-state index contributed by atoms with van der Waals surface area (Å²) >= 11 is 0. The zero-order valence-electron chi connectivity index (χ0n) is 18.7. The molecule has 3 amide bonds. The minimum atomic E-state index is -0.551. The maximum Gasteiger partial charge on any atom is 0.256 e. The first-order valence-electron chi connectivity index (χ1n) is 11.1. The first-order valence-corrected chi connectivity index (χ1v) is 11.1. The highest BCUT2D eigenvalue weighted by atomic mass is 19.1. The van der Waals surface area contributed by atoms with Crippen molar-refractivity contribution in [1.29, 1.82) is 0 Å². The molecule has 0 aliphatic heterocycles. The lowest BCUT2D eigenvalue weighted by Gasteiger charge is -2.32. The molecule has 172 valence electrons. The zero-order valence-corrected chi connectivity index (χ0v) is 18.7. The molecule has 0 bridgehead atoms. The maximum absolute atomic E-state index is 13.5. The van der Waals surface area contributed by atoms with Crippen LogP contribution in [0.1, 0.15) is 59.7 Å². The van der Waals surface area contributed by atoms with Crippen LogP contribution in [0.3, 0.4) is 0 Å². The molecule has 0 unspecified atom stereocenters. The first kappa shape index (κ1) is 22.5. The van der Waals surface area contributed by atoms with Gasteiger partial charge in [0.15, 0.2) is 0 Å². The van der Waals surface area contributed by atoms with E-state index in [1.54, 1.807) is 18.2 Å². The van der Waals surface area contributed by atoms with E-state index < -0.39 is 11.7 Å². The Bertz CT molecular complexity index is 1230. The molecular formula is C25H27FN4O3. The average Bonchev–Trinajstić information content (AvgIpc) is 3.16. The van der Waals surface area contributed by atoms with Crippen molar-refractivity contribution in [3.63, 3.8) is 0 Å². The molecule has 0 radical (unpaired) electrons. The summed E-state index contributed by atoms with van der Waals surface area (Å²) in [4.78, 5) is 41.2. The van der Waals surface area contributed by atoms with E-state index in [4.69, 9.17) is 0 Å². The van der Waals surface area contributed by atoms with Gasteiger partial charge in [0.1, 0.15) is 11.6 Å². The molecule has 4 N–H and O–H groups in total. The van der Waals surface area contributed by atoms with Gasteiger partial charge < -0.3 is 20.9 Å². The number of fused-ring (bicyclic) bond motifs is 1. The molecule has 0 spiro atoms. The van der Waals surface area contributed by atoms with Gasteiger partial charge in [-0.1, -0.05) is 32.3 Å². The molecule has 4 rings (SSSR count). The van der Waals surface area contributed by atoms with E-state index in [1.165, 1.54) is 25.2 Å². The van der Waals surface area contributed by atoms with Crippen LogP contribution in [0.15, 0.2) is 42.5 Å². The number of carbonyl (C=O) groups excluding carboxylic acids is 3. The number of anilines is 2. The van der Waals surface area contributed by atoms with Crippen molar-refractivity contribution in [2.75, 3.05) is 17.7 Å². The number of hydrogen-bond acceptors (Lipinski definition) is 3. The number of hydrogen-bond donors (Lipinski definition) is 4. The van der Waals surface area contributed by atoms with E-state index in [0.717, 1.165) is 38.2 Å². The molecule has 1 fully saturated rings. The monoisotopic (exact) mass is 450 g/mol. The molecular weight excluding hydrogens is 423 g/mol. The summed E-state index contributed by atoms with van der Waals surface area (Å²) in [5, 5.41) is 8.83. The zero-order chi connectivity index (χ0) is 23.6. The number of H-pyrrole nitrogens is 1. The summed E-state index contributed by atoms with van der Waals surface area (Å²) in [7, 11) is 1.50. The van der Waals surface area contributed by atoms with Crippen molar-refractivity contribution in [2.24, 2.45) is 5.41 Å². The fraction of sp³-hybridized carbons (Fsp3) is 0.320. The second-order valence-electron chi connectivity index (χ2n) is 8.75. The molecule has 3 aromatic rings. The average molecular weight is 451 g/mol. The number of rotatable bonds is 5. The SMILES string of the molecule is CNC(=O)c1c(NC(=O)c2cccc(F)c2)[nH]c2cc(NC(=O)C3(C)CCCCC3)ccc12. The minimum absolute atomic E-state index is 0.0146. The number of amides is 3. The Morgan fingerprint density at radius 2 is 1.73 bits per heavy atom. The van der Waals surface area contributed by atoms with Crippen LogP contribution in [0.4, 0.5) is 15.9 Å². The predicted octanol–water partition coefficient (Wildman–Crippen LogP) is 4.83. The standard InChI is InChI=1S/C25H27FN4O3/c1-25(11-4-3-5-12-25)24(33)28-17-9-10-18-19(14-17)29-21(20(18)23(32)27-2)30-22(31)15-7-6-8-16(26)13-15/h6-10,13-14,29H,3-5,11-12H2,1-2H3,(H,27,32)(H,28,33)(H,30,31). The van der Waals surface area contributed by atoms with Crippen LogP contribution >= 0.6 is 0 Å². The lowest BCUT2D eigenvalue weighted by molar-refractivity contribution is -0.126. The molecule has 8 heteroatoms. The summed E-state index contributed by atoms with van der Waals surface area (Å²) in [6.07, 6.45) is 4.97. The van der Waals surface area contributed by atoms with Crippen LogP contribution in [0.25, 0.3) is 10.9 Å². The van der Waals surface area contributed by atoms with Crippen LogP contribution in [-0.2, 0) is 4.79 Å². The summed E-state index contributed by atoms with van der Waals surface area (Å²) < 4.78 is 13.5. The summed E-state index contributed by atoms with van der Waals surface area (Å²) in [5.41, 5.74) is 1.18. The maximum atomic E-state index is 13.5. The van der Waals surface area contributed by atoms with E-state index >= 15 is 0 Å². The third-order valence-electron chi connectivity index (χ3n) is 6.34. The number of halogens is 1. The minimum Gasteiger partial charge on any atom is -0.355 e. The van der Waals surface area contributed by atoms with Gasteiger partial charge in [0, 0.05) is 34.6 Å². The molecule has 1 saturated carbocycles. The summed E-state index contributed by atoms with van der Waals surface area (Å²) in [6, 6.07) is 10.5. The molecule has 33 heavy (non-hydrogen) atoms. The third kappa shape index (κ3) is 4.60. The van der Waals surface area contributed by atoms with E-state index in [1.807, 2.05) is 6.92 Å². The number of benzene rings is 2.